The topological polar surface area (TPSA) is 72.5 Å². The minimum absolute atomic E-state index is 0.118. The number of esters is 1. The molecule has 0 bridgehead atoms. The molecule has 0 aliphatic heterocycles. The van der Waals surface area contributed by atoms with Crippen LogP contribution >= 0.6 is 0 Å². The molecular formula is C18H14F3NO4S. The number of hydrogen-bond acceptors (Lipinski definition) is 4. The minimum atomic E-state index is -4.55. The van der Waals surface area contributed by atoms with Crippen LogP contribution < -0.4 is 4.72 Å². The number of carbonyl (C=O) groups excluding carboxylic acids is 1. The van der Waals surface area contributed by atoms with Gasteiger partial charge in [-0.1, -0.05) is 24.0 Å². The second kappa shape index (κ2) is 8.24. The summed E-state index contributed by atoms with van der Waals surface area (Å²) in [5, 5.41) is 0. The maximum Gasteiger partial charge on any atom is 0.417 e. The summed E-state index contributed by atoms with van der Waals surface area (Å²) in [4.78, 5) is 11.2. The molecular weight excluding hydrogens is 383 g/mol. The van der Waals surface area contributed by atoms with Gasteiger partial charge in [0.15, 0.2) is 0 Å². The molecule has 2 aromatic rings. The van der Waals surface area contributed by atoms with Gasteiger partial charge in [-0.2, -0.15) is 17.9 Å². The van der Waals surface area contributed by atoms with Gasteiger partial charge < -0.3 is 4.74 Å². The Balaban J connectivity index is 2.10. The van der Waals surface area contributed by atoms with Gasteiger partial charge in [0.05, 0.1) is 29.7 Å². The van der Waals surface area contributed by atoms with E-state index < -0.39 is 27.7 Å². The van der Waals surface area contributed by atoms with Crippen LogP contribution in [0.4, 0.5) is 13.2 Å². The van der Waals surface area contributed by atoms with Crippen LogP contribution in [-0.2, 0) is 20.9 Å². The SMILES string of the molecule is COC(=O)c1ccc(S(=O)(=O)NCC#Cc2ccccc2C(F)(F)F)cc1. The Morgan fingerprint density at radius 2 is 1.74 bits per heavy atom. The molecule has 0 unspecified atom stereocenters. The van der Waals surface area contributed by atoms with E-state index in [1.807, 2.05) is 0 Å². The summed E-state index contributed by atoms with van der Waals surface area (Å²) in [6, 6.07) is 9.74. The fourth-order valence-electron chi connectivity index (χ4n) is 2.08. The number of hydrogen-bond donors (Lipinski definition) is 1. The van der Waals surface area contributed by atoms with Crippen molar-refractivity contribution in [2.75, 3.05) is 13.7 Å². The average Bonchev–Trinajstić information content (AvgIpc) is 2.64. The molecule has 0 fully saturated rings. The zero-order valence-corrected chi connectivity index (χ0v) is 14.8. The highest BCUT2D eigenvalue weighted by atomic mass is 32.2. The molecule has 0 radical (unpaired) electrons. The summed E-state index contributed by atoms with van der Waals surface area (Å²) < 4.78 is 69.6. The van der Waals surface area contributed by atoms with Crippen LogP contribution in [-0.4, -0.2) is 28.0 Å². The predicted octanol–water partition coefficient (Wildman–Crippen LogP) is 2.82. The lowest BCUT2D eigenvalue weighted by Crippen LogP contribution is -2.24. The van der Waals surface area contributed by atoms with Gasteiger partial charge >= 0.3 is 12.1 Å². The molecule has 142 valence electrons. The predicted molar refractivity (Wildman–Crippen MR) is 91.3 cm³/mol. The Kier molecular flexibility index (Phi) is 6.25. The lowest BCUT2D eigenvalue weighted by Gasteiger charge is -2.08. The Hall–Kier alpha value is -2.83. The summed E-state index contributed by atoms with van der Waals surface area (Å²) >= 11 is 0. The van der Waals surface area contributed by atoms with Crippen LogP contribution in [0.25, 0.3) is 0 Å². The van der Waals surface area contributed by atoms with Crippen LogP contribution in [0.15, 0.2) is 53.4 Å². The van der Waals surface area contributed by atoms with E-state index in [1.165, 1.54) is 49.6 Å². The van der Waals surface area contributed by atoms with Gasteiger partial charge in [-0.15, -0.1) is 0 Å². The van der Waals surface area contributed by atoms with Crippen LogP contribution in [0.5, 0.6) is 0 Å². The van der Waals surface area contributed by atoms with Gasteiger partial charge in [-0.3, -0.25) is 0 Å². The molecule has 0 aromatic heterocycles. The number of ether oxygens (including phenoxy) is 1. The second-order valence-electron chi connectivity index (χ2n) is 5.19. The van der Waals surface area contributed by atoms with Gasteiger partial charge in [0.1, 0.15) is 0 Å². The van der Waals surface area contributed by atoms with Crippen LogP contribution in [0.1, 0.15) is 21.5 Å². The Morgan fingerprint density at radius 3 is 2.33 bits per heavy atom. The first-order valence-corrected chi connectivity index (χ1v) is 8.96. The third-order valence-corrected chi connectivity index (χ3v) is 4.81. The van der Waals surface area contributed by atoms with Crippen molar-refractivity contribution < 1.29 is 31.1 Å². The third kappa shape index (κ3) is 5.32. The number of alkyl halides is 3. The minimum Gasteiger partial charge on any atom is -0.465 e. The maximum atomic E-state index is 12.9. The number of carbonyl (C=O) groups is 1. The smallest absolute Gasteiger partial charge is 0.417 e. The second-order valence-corrected chi connectivity index (χ2v) is 6.95. The Morgan fingerprint density at radius 1 is 1.11 bits per heavy atom. The van der Waals surface area contributed by atoms with Crippen molar-refractivity contribution in [1.82, 2.24) is 4.72 Å². The summed E-state index contributed by atoms with van der Waals surface area (Å²) in [6.45, 7) is -0.382. The highest BCUT2D eigenvalue weighted by Crippen LogP contribution is 2.31. The standard InChI is InChI=1S/C18H14F3NO4S/c1-26-17(23)14-8-10-15(11-9-14)27(24,25)22-12-4-6-13-5-2-3-7-16(13)18(19,20)21/h2-3,5,7-11,22H,12H2,1H3. The van der Waals surface area contributed by atoms with E-state index >= 15 is 0 Å². The van der Waals surface area contributed by atoms with E-state index in [1.54, 1.807) is 0 Å². The first-order chi connectivity index (χ1) is 12.6. The fraction of sp³-hybridized carbons (Fsp3) is 0.167. The highest BCUT2D eigenvalue weighted by Gasteiger charge is 2.32. The number of nitrogens with one attached hydrogen (secondary N) is 1. The zero-order chi connectivity index (χ0) is 20.1. The summed E-state index contributed by atoms with van der Waals surface area (Å²) in [5.41, 5.74) is -0.953. The quantitative estimate of drug-likeness (QED) is 0.636. The molecule has 27 heavy (non-hydrogen) atoms. The number of rotatable bonds is 4. The molecule has 0 spiro atoms. The van der Waals surface area contributed by atoms with Crippen molar-refractivity contribution >= 4 is 16.0 Å². The third-order valence-electron chi connectivity index (χ3n) is 3.39. The van der Waals surface area contributed by atoms with Crippen molar-refractivity contribution in [2.45, 2.75) is 11.1 Å². The van der Waals surface area contributed by atoms with Gasteiger partial charge in [-0.05, 0) is 36.4 Å². The van der Waals surface area contributed by atoms with E-state index in [9.17, 15) is 26.4 Å². The number of halogens is 3. The highest BCUT2D eigenvalue weighted by molar-refractivity contribution is 7.89. The fourth-order valence-corrected chi connectivity index (χ4v) is 3.00. The zero-order valence-electron chi connectivity index (χ0n) is 14.0. The average molecular weight is 397 g/mol. The molecule has 0 saturated carbocycles. The largest absolute Gasteiger partial charge is 0.465 e. The first kappa shape index (κ1) is 20.5. The normalized spacial score (nSPS) is 11.4. The van der Waals surface area contributed by atoms with E-state index in [0.717, 1.165) is 6.07 Å². The Labute approximate surface area is 154 Å². The molecule has 2 rings (SSSR count). The van der Waals surface area contributed by atoms with Crippen LogP contribution in [0.2, 0.25) is 0 Å². The number of sulfonamides is 1. The van der Waals surface area contributed by atoms with E-state index in [4.69, 9.17) is 0 Å². The number of benzene rings is 2. The molecule has 2 aromatic carbocycles. The maximum absolute atomic E-state index is 12.9. The lowest BCUT2D eigenvalue weighted by atomic mass is 10.1. The molecule has 0 amide bonds. The molecule has 1 N–H and O–H groups in total. The molecule has 0 aliphatic rings. The van der Waals surface area contributed by atoms with E-state index in [-0.39, 0.29) is 22.6 Å². The van der Waals surface area contributed by atoms with Gasteiger partial charge in [0, 0.05) is 5.56 Å². The van der Waals surface area contributed by atoms with Crippen molar-refractivity contribution in [3.8, 4) is 11.8 Å². The summed E-state index contributed by atoms with van der Waals surface area (Å²) in [6.07, 6.45) is -4.55. The molecule has 0 heterocycles. The van der Waals surface area contributed by atoms with Crippen molar-refractivity contribution in [2.24, 2.45) is 0 Å². The van der Waals surface area contributed by atoms with Crippen LogP contribution in [0, 0.1) is 11.8 Å². The van der Waals surface area contributed by atoms with Crippen molar-refractivity contribution in [3.05, 3.63) is 65.2 Å². The van der Waals surface area contributed by atoms with Crippen molar-refractivity contribution in [3.63, 3.8) is 0 Å². The van der Waals surface area contributed by atoms with Crippen molar-refractivity contribution in [1.29, 1.82) is 0 Å². The van der Waals surface area contributed by atoms with E-state index in [2.05, 4.69) is 21.3 Å². The summed E-state index contributed by atoms with van der Waals surface area (Å²) in [7, 11) is -2.73. The molecule has 0 aliphatic carbocycles. The van der Waals surface area contributed by atoms with Crippen LogP contribution in [0.3, 0.4) is 0 Å². The first-order valence-electron chi connectivity index (χ1n) is 7.48. The summed E-state index contributed by atoms with van der Waals surface area (Å²) in [5.74, 6) is 4.07. The van der Waals surface area contributed by atoms with Gasteiger partial charge in [-0.25, -0.2) is 13.2 Å². The van der Waals surface area contributed by atoms with E-state index in [0.29, 0.717) is 0 Å². The molecule has 9 heteroatoms. The molecule has 0 atom stereocenters. The molecule has 5 nitrogen and oxygen atoms in total. The Bertz CT molecular complexity index is 988. The number of methoxy groups -OCH3 is 1. The van der Waals surface area contributed by atoms with Gasteiger partial charge in [0.25, 0.3) is 0 Å². The van der Waals surface area contributed by atoms with Gasteiger partial charge in [0.2, 0.25) is 10.0 Å². The molecule has 0 saturated heterocycles. The lowest BCUT2D eigenvalue weighted by molar-refractivity contribution is -0.137. The monoisotopic (exact) mass is 397 g/mol.